The van der Waals surface area contributed by atoms with Crippen LogP contribution >= 0.6 is 0 Å². The second kappa shape index (κ2) is 10.0. The van der Waals surface area contributed by atoms with Crippen molar-refractivity contribution in [1.82, 2.24) is 10.6 Å². The molecule has 2 aromatic rings. The van der Waals surface area contributed by atoms with Crippen molar-refractivity contribution in [2.24, 2.45) is 0 Å². The molecule has 2 aromatic carbocycles. The SMILES string of the molecule is COCCNC(=O)/C(=C/c1ccc(OC)cc1)NC(=O)c1ccccc1. The third-order valence-electron chi connectivity index (χ3n) is 3.55. The van der Waals surface area contributed by atoms with Crippen LogP contribution in [-0.2, 0) is 9.53 Å². The van der Waals surface area contributed by atoms with E-state index in [1.165, 1.54) is 0 Å². The van der Waals surface area contributed by atoms with E-state index in [9.17, 15) is 9.59 Å². The molecule has 0 radical (unpaired) electrons. The second-order valence-electron chi connectivity index (χ2n) is 5.40. The first kappa shape index (κ1) is 19.2. The van der Waals surface area contributed by atoms with Crippen molar-refractivity contribution < 1.29 is 19.1 Å². The largest absolute Gasteiger partial charge is 0.497 e. The summed E-state index contributed by atoms with van der Waals surface area (Å²) in [5, 5.41) is 5.39. The molecule has 0 aliphatic carbocycles. The Bertz CT molecular complexity index is 755. The molecular weight excluding hydrogens is 332 g/mol. The van der Waals surface area contributed by atoms with Gasteiger partial charge in [-0.15, -0.1) is 0 Å². The number of nitrogens with one attached hydrogen (secondary N) is 2. The van der Waals surface area contributed by atoms with Gasteiger partial charge in [-0.3, -0.25) is 9.59 Å². The molecule has 136 valence electrons. The normalized spacial score (nSPS) is 10.9. The van der Waals surface area contributed by atoms with E-state index in [2.05, 4.69) is 10.6 Å². The van der Waals surface area contributed by atoms with Crippen LogP contribution in [0.3, 0.4) is 0 Å². The van der Waals surface area contributed by atoms with Crippen molar-refractivity contribution in [3.8, 4) is 5.75 Å². The number of ether oxygens (including phenoxy) is 2. The molecule has 0 spiro atoms. The predicted molar refractivity (Wildman–Crippen MR) is 99.8 cm³/mol. The van der Waals surface area contributed by atoms with Gasteiger partial charge in [0.25, 0.3) is 11.8 Å². The molecule has 2 N–H and O–H groups in total. The van der Waals surface area contributed by atoms with E-state index in [-0.39, 0.29) is 17.5 Å². The summed E-state index contributed by atoms with van der Waals surface area (Å²) in [6.07, 6.45) is 1.61. The molecule has 6 heteroatoms. The lowest BCUT2D eigenvalue weighted by molar-refractivity contribution is -0.117. The highest BCUT2D eigenvalue weighted by Crippen LogP contribution is 2.14. The van der Waals surface area contributed by atoms with Crippen LogP contribution < -0.4 is 15.4 Å². The number of hydrogen-bond donors (Lipinski definition) is 2. The van der Waals surface area contributed by atoms with Gasteiger partial charge in [0.2, 0.25) is 0 Å². The highest BCUT2D eigenvalue weighted by molar-refractivity contribution is 6.05. The summed E-state index contributed by atoms with van der Waals surface area (Å²) < 4.78 is 10.1. The first-order chi connectivity index (χ1) is 12.6. The Morgan fingerprint density at radius 3 is 2.31 bits per heavy atom. The van der Waals surface area contributed by atoms with Crippen molar-refractivity contribution in [3.05, 3.63) is 71.4 Å². The minimum atomic E-state index is -0.387. The first-order valence-corrected chi connectivity index (χ1v) is 8.13. The highest BCUT2D eigenvalue weighted by atomic mass is 16.5. The average Bonchev–Trinajstić information content (AvgIpc) is 2.68. The van der Waals surface area contributed by atoms with Crippen molar-refractivity contribution in [1.29, 1.82) is 0 Å². The summed E-state index contributed by atoms with van der Waals surface area (Å²) in [6, 6.07) is 15.9. The summed E-state index contributed by atoms with van der Waals surface area (Å²) in [7, 11) is 3.14. The van der Waals surface area contributed by atoms with Crippen LogP contribution in [-0.4, -0.2) is 39.2 Å². The molecule has 0 atom stereocenters. The van der Waals surface area contributed by atoms with Gasteiger partial charge in [0.1, 0.15) is 11.4 Å². The van der Waals surface area contributed by atoms with E-state index >= 15 is 0 Å². The van der Waals surface area contributed by atoms with Gasteiger partial charge in [0.05, 0.1) is 13.7 Å². The molecule has 0 aromatic heterocycles. The van der Waals surface area contributed by atoms with Crippen LogP contribution in [0.15, 0.2) is 60.3 Å². The quantitative estimate of drug-likeness (QED) is 0.563. The number of carbonyl (C=O) groups is 2. The topological polar surface area (TPSA) is 76.7 Å². The van der Waals surface area contributed by atoms with E-state index in [0.717, 1.165) is 5.56 Å². The number of methoxy groups -OCH3 is 2. The lowest BCUT2D eigenvalue weighted by Crippen LogP contribution is -2.36. The highest BCUT2D eigenvalue weighted by Gasteiger charge is 2.14. The van der Waals surface area contributed by atoms with Gasteiger partial charge >= 0.3 is 0 Å². The fourth-order valence-corrected chi connectivity index (χ4v) is 2.17. The van der Waals surface area contributed by atoms with Gasteiger partial charge in [0, 0.05) is 19.2 Å². The standard InChI is InChI=1S/C20H22N2O4/c1-25-13-12-21-20(24)18(14-15-8-10-17(26-2)11-9-15)22-19(23)16-6-4-3-5-7-16/h3-11,14H,12-13H2,1-2H3,(H,21,24)(H,22,23)/b18-14-. The zero-order chi connectivity index (χ0) is 18.8. The van der Waals surface area contributed by atoms with Gasteiger partial charge in [-0.2, -0.15) is 0 Å². The lowest BCUT2D eigenvalue weighted by atomic mass is 10.1. The maximum absolute atomic E-state index is 12.4. The monoisotopic (exact) mass is 354 g/mol. The summed E-state index contributed by atoms with van der Waals surface area (Å²) in [5.41, 5.74) is 1.38. The third-order valence-corrected chi connectivity index (χ3v) is 3.55. The molecule has 6 nitrogen and oxygen atoms in total. The van der Waals surface area contributed by atoms with Crippen molar-refractivity contribution in [2.45, 2.75) is 0 Å². The molecule has 2 rings (SSSR count). The lowest BCUT2D eigenvalue weighted by Gasteiger charge is -2.11. The van der Waals surface area contributed by atoms with Gasteiger partial charge in [-0.05, 0) is 35.9 Å². The Balaban J connectivity index is 2.21. The molecule has 0 aliphatic rings. The number of amides is 2. The smallest absolute Gasteiger partial charge is 0.267 e. The van der Waals surface area contributed by atoms with Gasteiger partial charge < -0.3 is 20.1 Å². The molecule has 26 heavy (non-hydrogen) atoms. The maximum atomic E-state index is 12.4. The zero-order valence-electron chi connectivity index (χ0n) is 14.8. The van der Waals surface area contributed by atoms with E-state index < -0.39 is 0 Å². The molecule has 0 saturated heterocycles. The van der Waals surface area contributed by atoms with Crippen molar-refractivity contribution in [3.63, 3.8) is 0 Å². The molecule has 2 amide bonds. The molecule has 0 heterocycles. The van der Waals surface area contributed by atoms with Gasteiger partial charge in [0.15, 0.2) is 0 Å². The number of carbonyl (C=O) groups excluding carboxylic acids is 2. The summed E-state index contributed by atoms with van der Waals surface area (Å²) in [6.45, 7) is 0.727. The van der Waals surface area contributed by atoms with E-state index in [1.807, 2.05) is 6.07 Å². The van der Waals surface area contributed by atoms with Gasteiger partial charge in [-0.25, -0.2) is 0 Å². The molecule has 0 aliphatic heterocycles. The van der Waals surface area contributed by atoms with Crippen molar-refractivity contribution >= 4 is 17.9 Å². The zero-order valence-corrected chi connectivity index (χ0v) is 14.8. The Kier molecular flexibility index (Phi) is 7.39. The number of benzene rings is 2. The average molecular weight is 354 g/mol. The predicted octanol–water partition coefficient (Wildman–Crippen LogP) is 2.23. The molecular formula is C20H22N2O4. The fraction of sp³-hybridized carbons (Fsp3) is 0.200. The van der Waals surface area contributed by atoms with E-state index in [4.69, 9.17) is 9.47 Å². The van der Waals surface area contributed by atoms with Crippen LogP contribution in [0.2, 0.25) is 0 Å². The summed E-state index contributed by atoms with van der Waals surface area (Å²) in [4.78, 5) is 24.8. The Hall–Kier alpha value is -3.12. The summed E-state index contributed by atoms with van der Waals surface area (Å²) in [5.74, 6) is -0.0315. The van der Waals surface area contributed by atoms with Crippen LogP contribution in [0.25, 0.3) is 6.08 Å². The van der Waals surface area contributed by atoms with E-state index in [1.54, 1.807) is 68.8 Å². The molecule has 0 fully saturated rings. The Labute approximate surface area is 152 Å². The van der Waals surface area contributed by atoms with Crippen molar-refractivity contribution in [2.75, 3.05) is 27.4 Å². The van der Waals surface area contributed by atoms with Crippen LogP contribution in [0.4, 0.5) is 0 Å². The minimum absolute atomic E-state index is 0.153. The Morgan fingerprint density at radius 1 is 1.00 bits per heavy atom. The molecule has 0 unspecified atom stereocenters. The second-order valence-corrected chi connectivity index (χ2v) is 5.40. The first-order valence-electron chi connectivity index (χ1n) is 8.13. The van der Waals surface area contributed by atoms with Crippen LogP contribution in [0.1, 0.15) is 15.9 Å². The van der Waals surface area contributed by atoms with E-state index in [0.29, 0.717) is 24.5 Å². The number of rotatable bonds is 8. The number of hydrogen-bond acceptors (Lipinski definition) is 4. The van der Waals surface area contributed by atoms with Crippen LogP contribution in [0, 0.1) is 0 Å². The van der Waals surface area contributed by atoms with Gasteiger partial charge in [-0.1, -0.05) is 30.3 Å². The molecule has 0 bridgehead atoms. The van der Waals surface area contributed by atoms with Crippen LogP contribution in [0.5, 0.6) is 5.75 Å². The fourth-order valence-electron chi connectivity index (χ4n) is 2.17. The minimum Gasteiger partial charge on any atom is -0.497 e. The Morgan fingerprint density at radius 2 is 1.69 bits per heavy atom. The third kappa shape index (κ3) is 5.75. The molecule has 0 saturated carbocycles. The summed E-state index contributed by atoms with van der Waals surface area (Å²) >= 11 is 0. The maximum Gasteiger partial charge on any atom is 0.267 e.